The van der Waals surface area contributed by atoms with Gasteiger partial charge in [-0.2, -0.15) is 0 Å². The van der Waals surface area contributed by atoms with E-state index in [0.29, 0.717) is 12.0 Å². The van der Waals surface area contributed by atoms with E-state index in [1.165, 1.54) is 5.56 Å². The number of nitrogens with two attached hydrogens (primary N) is 2. The lowest BCUT2D eigenvalue weighted by molar-refractivity contribution is 0.150. The first-order valence-corrected chi connectivity index (χ1v) is 4.93. The molecule has 0 aliphatic heterocycles. The van der Waals surface area contributed by atoms with Crippen molar-refractivity contribution in [2.24, 2.45) is 11.5 Å². The molecule has 0 saturated heterocycles. The molecule has 15 heavy (non-hydrogen) atoms. The van der Waals surface area contributed by atoms with Gasteiger partial charge in [0.2, 0.25) is 0 Å². The quantitative estimate of drug-likeness (QED) is 0.777. The molecule has 0 radical (unpaired) electrons. The molecule has 1 aliphatic carbocycles. The summed E-state index contributed by atoms with van der Waals surface area (Å²) in [6.07, 6.45) is 0.320. The summed E-state index contributed by atoms with van der Waals surface area (Å²) in [6, 6.07) is 8.24. The zero-order chi connectivity index (χ0) is 10.8. The highest BCUT2D eigenvalue weighted by Crippen LogP contribution is 2.38. The second-order valence-electron chi connectivity index (χ2n) is 3.86. The highest BCUT2D eigenvalue weighted by molar-refractivity contribution is 5.64. The predicted octanol–water partition coefficient (Wildman–Crippen LogP) is 1.10. The summed E-state index contributed by atoms with van der Waals surface area (Å²) in [5.74, 6) is 0.510. The van der Waals surface area contributed by atoms with E-state index in [4.69, 9.17) is 11.5 Å². The van der Waals surface area contributed by atoms with Crippen LogP contribution in [0.4, 0.5) is 4.79 Å². The molecule has 1 aromatic rings. The number of carbonyl (C=O) groups excluding carboxylic acids is 1. The van der Waals surface area contributed by atoms with Gasteiger partial charge in [-0.15, -0.1) is 0 Å². The van der Waals surface area contributed by atoms with Crippen molar-refractivity contribution in [3.05, 3.63) is 35.4 Å². The number of amides is 1. The van der Waals surface area contributed by atoms with Gasteiger partial charge in [0.25, 0.3) is 0 Å². The van der Waals surface area contributed by atoms with Crippen molar-refractivity contribution >= 4 is 6.09 Å². The van der Waals surface area contributed by atoms with Crippen LogP contribution < -0.4 is 11.5 Å². The van der Waals surface area contributed by atoms with Crippen molar-refractivity contribution in [3.8, 4) is 0 Å². The monoisotopic (exact) mass is 206 g/mol. The number of hydrogen-bond donors (Lipinski definition) is 2. The molecule has 1 amide bonds. The first-order chi connectivity index (χ1) is 7.16. The molecule has 1 unspecified atom stereocenters. The first-order valence-electron chi connectivity index (χ1n) is 4.93. The van der Waals surface area contributed by atoms with Crippen molar-refractivity contribution in [2.45, 2.75) is 25.0 Å². The Morgan fingerprint density at radius 3 is 2.47 bits per heavy atom. The van der Waals surface area contributed by atoms with Gasteiger partial charge in [-0.05, 0) is 17.5 Å². The standard InChI is InChI=1S/C11H14N2O2/c12-10-5-9(10)8-3-1-7(2-4-8)6-15-11(13)14/h1-4,9-10H,5-6,12H2,(H2,13,14)/t9?,10-/m0/s1. The van der Waals surface area contributed by atoms with Crippen LogP contribution in [-0.4, -0.2) is 12.1 Å². The van der Waals surface area contributed by atoms with Gasteiger partial charge in [-0.3, -0.25) is 0 Å². The Labute approximate surface area is 88.2 Å². The van der Waals surface area contributed by atoms with Crippen molar-refractivity contribution in [1.29, 1.82) is 0 Å². The van der Waals surface area contributed by atoms with Crippen LogP contribution in [0.3, 0.4) is 0 Å². The van der Waals surface area contributed by atoms with E-state index in [2.05, 4.69) is 4.74 Å². The Morgan fingerprint density at radius 2 is 2.00 bits per heavy atom. The van der Waals surface area contributed by atoms with Gasteiger partial charge < -0.3 is 16.2 Å². The summed E-state index contributed by atoms with van der Waals surface area (Å²) < 4.78 is 4.68. The van der Waals surface area contributed by atoms with Crippen LogP contribution in [-0.2, 0) is 11.3 Å². The van der Waals surface area contributed by atoms with E-state index < -0.39 is 6.09 Å². The molecule has 80 valence electrons. The average Bonchev–Trinajstić information content (AvgIpc) is 2.93. The zero-order valence-electron chi connectivity index (χ0n) is 8.35. The van der Waals surface area contributed by atoms with E-state index in [1.807, 2.05) is 24.3 Å². The lowest BCUT2D eigenvalue weighted by atomic mass is 10.1. The van der Waals surface area contributed by atoms with Gasteiger partial charge in [-0.25, -0.2) is 4.79 Å². The Bertz CT molecular complexity index is 361. The van der Waals surface area contributed by atoms with Crippen molar-refractivity contribution in [3.63, 3.8) is 0 Å². The fourth-order valence-electron chi connectivity index (χ4n) is 1.61. The maximum absolute atomic E-state index is 10.4. The second kappa shape index (κ2) is 3.90. The molecule has 1 saturated carbocycles. The van der Waals surface area contributed by atoms with E-state index in [1.54, 1.807) is 0 Å². The van der Waals surface area contributed by atoms with Gasteiger partial charge in [0.15, 0.2) is 0 Å². The fourth-order valence-corrected chi connectivity index (χ4v) is 1.61. The topological polar surface area (TPSA) is 78.3 Å². The lowest BCUT2D eigenvalue weighted by Crippen LogP contribution is -2.12. The molecule has 4 N–H and O–H groups in total. The normalized spacial score (nSPS) is 23.5. The molecule has 2 atom stereocenters. The molecule has 4 nitrogen and oxygen atoms in total. The zero-order valence-corrected chi connectivity index (χ0v) is 8.35. The molecule has 1 fully saturated rings. The summed E-state index contributed by atoms with van der Waals surface area (Å²) in [7, 11) is 0. The number of rotatable bonds is 3. The van der Waals surface area contributed by atoms with Gasteiger partial charge >= 0.3 is 6.09 Å². The summed E-state index contributed by atoms with van der Waals surface area (Å²) in [5.41, 5.74) is 12.8. The van der Waals surface area contributed by atoms with E-state index >= 15 is 0 Å². The minimum Gasteiger partial charge on any atom is -0.445 e. The molecule has 0 heterocycles. The maximum atomic E-state index is 10.4. The summed E-state index contributed by atoms with van der Waals surface area (Å²) in [5, 5.41) is 0. The molecule has 1 aromatic carbocycles. The number of primary amides is 1. The molecule has 0 aromatic heterocycles. The van der Waals surface area contributed by atoms with E-state index in [-0.39, 0.29) is 6.61 Å². The van der Waals surface area contributed by atoms with Crippen molar-refractivity contribution in [2.75, 3.05) is 0 Å². The number of benzene rings is 1. The molecule has 4 heteroatoms. The van der Waals surface area contributed by atoms with Crippen LogP contribution in [0.2, 0.25) is 0 Å². The number of hydrogen-bond acceptors (Lipinski definition) is 3. The molecule has 1 aliphatic rings. The van der Waals surface area contributed by atoms with E-state index in [9.17, 15) is 4.79 Å². The second-order valence-corrected chi connectivity index (χ2v) is 3.86. The third kappa shape index (κ3) is 2.47. The number of carbonyl (C=O) groups is 1. The predicted molar refractivity (Wildman–Crippen MR) is 56.1 cm³/mol. The third-order valence-corrected chi connectivity index (χ3v) is 2.63. The average molecular weight is 206 g/mol. The minimum absolute atomic E-state index is 0.229. The van der Waals surface area contributed by atoms with Crippen LogP contribution in [0, 0.1) is 0 Å². The summed E-state index contributed by atoms with van der Waals surface area (Å²) in [4.78, 5) is 10.4. The summed E-state index contributed by atoms with van der Waals surface area (Å²) >= 11 is 0. The Balaban J connectivity index is 1.95. The Hall–Kier alpha value is -1.55. The highest BCUT2D eigenvalue weighted by Gasteiger charge is 2.34. The SMILES string of the molecule is NC(=O)OCc1ccc(C2C[C@@H]2N)cc1. The molecule has 0 spiro atoms. The smallest absolute Gasteiger partial charge is 0.404 e. The molecular weight excluding hydrogens is 192 g/mol. The van der Waals surface area contributed by atoms with Gasteiger partial charge in [0.05, 0.1) is 0 Å². The molecule has 0 bridgehead atoms. The van der Waals surface area contributed by atoms with Crippen LogP contribution in [0.1, 0.15) is 23.5 Å². The highest BCUT2D eigenvalue weighted by atomic mass is 16.5. The van der Waals surface area contributed by atoms with Gasteiger partial charge in [0, 0.05) is 12.0 Å². The van der Waals surface area contributed by atoms with Crippen molar-refractivity contribution in [1.82, 2.24) is 0 Å². The van der Waals surface area contributed by atoms with Crippen LogP contribution in [0.25, 0.3) is 0 Å². The van der Waals surface area contributed by atoms with E-state index in [0.717, 1.165) is 12.0 Å². The minimum atomic E-state index is -0.747. The van der Waals surface area contributed by atoms with Gasteiger partial charge in [-0.1, -0.05) is 24.3 Å². The Morgan fingerprint density at radius 1 is 1.40 bits per heavy atom. The van der Waals surface area contributed by atoms with Crippen molar-refractivity contribution < 1.29 is 9.53 Å². The molecular formula is C11H14N2O2. The van der Waals surface area contributed by atoms with Crippen LogP contribution in [0.15, 0.2) is 24.3 Å². The summed E-state index contributed by atoms with van der Waals surface area (Å²) in [6.45, 7) is 0.229. The fraction of sp³-hybridized carbons (Fsp3) is 0.364. The van der Waals surface area contributed by atoms with Crippen LogP contribution >= 0.6 is 0 Å². The largest absolute Gasteiger partial charge is 0.445 e. The maximum Gasteiger partial charge on any atom is 0.404 e. The van der Waals surface area contributed by atoms with Gasteiger partial charge in [0.1, 0.15) is 6.61 Å². The third-order valence-electron chi connectivity index (χ3n) is 2.63. The lowest BCUT2D eigenvalue weighted by Gasteiger charge is -2.03. The Kier molecular flexibility index (Phi) is 2.60. The van der Waals surface area contributed by atoms with Crippen LogP contribution in [0.5, 0.6) is 0 Å². The first kappa shape index (κ1) is 9.98. The number of ether oxygens (including phenoxy) is 1. The molecule has 2 rings (SSSR count).